The summed E-state index contributed by atoms with van der Waals surface area (Å²) in [5.74, 6) is -1.48. The van der Waals surface area contributed by atoms with E-state index in [1.54, 1.807) is 0 Å². The Kier molecular flexibility index (Phi) is 7.16. The first-order chi connectivity index (χ1) is 17.1. The highest BCUT2D eigenvalue weighted by molar-refractivity contribution is 5.94. The highest BCUT2D eigenvalue weighted by atomic mass is 19.4. The molecule has 1 aromatic heterocycles. The standard InChI is InChI=1S/C24H26N4O.C2HF3O2/c1-26-16-17-28-21(19-8-4-2-5-9-19)18-25-23(28)24(26)12-14-27(15-13-24)22(29)20-10-6-3-7-11-20;3-2(4,5)1(6)7/h2-11,18H,12-17H2,1H3;(H,6,7). The van der Waals surface area contributed by atoms with Crippen LogP contribution in [-0.4, -0.2) is 69.2 Å². The summed E-state index contributed by atoms with van der Waals surface area (Å²) in [4.78, 5) is 31.1. The lowest BCUT2D eigenvalue weighted by Crippen LogP contribution is -2.57. The van der Waals surface area contributed by atoms with Gasteiger partial charge >= 0.3 is 12.1 Å². The molecule has 0 unspecified atom stereocenters. The molecule has 1 N–H and O–H groups in total. The largest absolute Gasteiger partial charge is 0.490 e. The van der Waals surface area contributed by atoms with Gasteiger partial charge in [-0.2, -0.15) is 13.2 Å². The maximum absolute atomic E-state index is 12.9. The van der Waals surface area contributed by atoms with Crippen molar-refractivity contribution in [1.82, 2.24) is 19.4 Å². The second-order valence-electron chi connectivity index (χ2n) is 8.90. The number of likely N-dealkylation sites (tertiary alicyclic amines) is 1. The van der Waals surface area contributed by atoms with E-state index in [0.29, 0.717) is 0 Å². The Morgan fingerprint density at radius 3 is 2.03 bits per heavy atom. The number of imidazole rings is 1. The van der Waals surface area contributed by atoms with Crippen molar-refractivity contribution in [3.63, 3.8) is 0 Å². The molecule has 3 heterocycles. The molecule has 7 nitrogen and oxygen atoms in total. The number of likely N-dealkylation sites (N-methyl/N-ethyl adjacent to an activating group) is 1. The first kappa shape index (κ1) is 25.4. The Morgan fingerprint density at radius 1 is 0.917 bits per heavy atom. The number of carboxylic acids is 1. The van der Waals surface area contributed by atoms with E-state index in [9.17, 15) is 18.0 Å². The average molecular weight is 501 g/mol. The minimum absolute atomic E-state index is 0.0985. The van der Waals surface area contributed by atoms with Crippen molar-refractivity contribution in [1.29, 1.82) is 0 Å². The molecule has 5 rings (SSSR count). The van der Waals surface area contributed by atoms with Crippen LogP contribution >= 0.6 is 0 Å². The molecular formula is C26H27F3N4O3. The van der Waals surface area contributed by atoms with Crippen LogP contribution in [0.2, 0.25) is 0 Å². The van der Waals surface area contributed by atoms with Gasteiger partial charge < -0.3 is 14.6 Å². The Balaban J connectivity index is 0.000000384. The second-order valence-corrected chi connectivity index (χ2v) is 8.90. The van der Waals surface area contributed by atoms with E-state index >= 15 is 0 Å². The Hall–Kier alpha value is -3.66. The van der Waals surface area contributed by atoms with E-state index in [-0.39, 0.29) is 11.4 Å². The Bertz CT molecular complexity index is 1200. The number of aromatic nitrogens is 2. The van der Waals surface area contributed by atoms with Crippen LogP contribution in [0.1, 0.15) is 29.0 Å². The molecular weight excluding hydrogens is 473 g/mol. The van der Waals surface area contributed by atoms with E-state index in [4.69, 9.17) is 14.9 Å². The van der Waals surface area contributed by atoms with Gasteiger partial charge in [0.25, 0.3) is 5.91 Å². The summed E-state index contributed by atoms with van der Waals surface area (Å²) >= 11 is 0. The number of aliphatic carboxylic acids is 1. The second kappa shape index (κ2) is 10.1. The zero-order valence-corrected chi connectivity index (χ0v) is 19.8. The number of hydrogen-bond donors (Lipinski definition) is 1. The predicted molar refractivity (Wildman–Crippen MR) is 127 cm³/mol. The number of rotatable bonds is 2. The van der Waals surface area contributed by atoms with Gasteiger partial charge in [0.15, 0.2) is 0 Å². The maximum atomic E-state index is 12.9. The normalized spacial score (nSPS) is 17.2. The summed E-state index contributed by atoms with van der Waals surface area (Å²) in [5, 5.41) is 7.12. The van der Waals surface area contributed by atoms with Crippen molar-refractivity contribution in [3.05, 3.63) is 78.2 Å². The van der Waals surface area contributed by atoms with Crippen LogP contribution in [0.4, 0.5) is 13.2 Å². The lowest BCUT2D eigenvalue weighted by Gasteiger charge is -2.49. The van der Waals surface area contributed by atoms with Crippen LogP contribution in [0.15, 0.2) is 66.9 Å². The summed E-state index contributed by atoms with van der Waals surface area (Å²) in [6, 6.07) is 20.1. The molecule has 3 aromatic rings. The number of carbonyl (C=O) groups is 2. The van der Waals surface area contributed by atoms with Crippen molar-refractivity contribution in [2.75, 3.05) is 26.7 Å². The van der Waals surface area contributed by atoms with Crippen LogP contribution < -0.4 is 0 Å². The molecule has 2 aromatic carbocycles. The molecule has 0 bridgehead atoms. The van der Waals surface area contributed by atoms with Gasteiger partial charge in [0.2, 0.25) is 0 Å². The molecule has 10 heteroatoms. The summed E-state index contributed by atoms with van der Waals surface area (Å²) in [5.41, 5.74) is 3.07. The fourth-order valence-electron chi connectivity index (χ4n) is 4.90. The third-order valence-corrected chi connectivity index (χ3v) is 6.87. The molecule has 0 saturated carbocycles. The third-order valence-electron chi connectivity index (χ3n) is 6.87. The highest BCUT2D eigenvalue weighted by Gasteiger charge is 2.46. The molecule has 190 valence electrons. The highest BCUT2D eigenvalue weighted by Crippen LogP contribution is 2.41. The quantitative estimate of drug-likeness (QED) is 0.569. The molecule has 1 fully saturated rings. The molecule has 0 atom stereocenters. The minimum Gasteiger partial charge on any atom is -0.475 e. The number of hydrogen-bond acceptors (Lipinski definition) is 4. The minimum atomic E-state index is -5.08. The van der Waals surface area contributed by atoms with Crippen LogP contribution in [0.25, 0.3) is 11.3 Å². The van der Waals surface area contributed by atoms with Crippen molar-refractivity contribution in [2.24, 2.45) is 0 Å². The average Bonchev–Trinajstić information content (AvgIpc) is 3.32. The molecule has 1 spiro atoms. The number of alkyl halides is 3. The lowest BCUT2D eigenvalue weighted by atomic mass is 9.83. The number of nitrogens with zero attached hydrogens (tertiary/aromatic N) is 4. The van der Waals surface area contributed by atoms with Crippen LogP contribution in [0.3, 0.4) is 0 Å². The third kappa shape index (κ3) is 4.99. The monoisotopic (exact) mass is 500 g/mol. The van der Waals surface area contributed by atoms with Gasteiger partial charge in [-0.3, -0.25) is 9.69 Å². The van der Waals surface area contributed by atoms with E-state index in [1.807, 2.05) is 47.5 Å². The molecule has 0 aliphatic carbocycles. The van der Waals surface area contributed by atoms with Gasteiger partial charge in [-0.15, -0.1) is 0 Å². The van der Waals surface area contributed by atoms with Crippen LogP contribution in [-0.2, 0) is 16.9 Å². The van der Waals surface area contributed by atoms with Crippen molar-refractivity contribution in [2.45, 2.75) is 31.1 Å². The molecule has 0 radical (unpaired) electrons. The summed E-state index contributed by atoms with van der Waals surface area (Å²) in [6.45, 7) is 3.46. The number of piperidine rings is 1. The Labute approximate surface area is 206 Å². The maximum Gasteiger partial charge on any atom is 0.490 e. The van der Waals surface area contributed by atoms with Gasteiger partial charge in [-0.25, -0.2) is 9.78 Å². The predicted octanol–water partition coefficient (Wildman–Crippen LogP) is 4.26. The number of benzene rings is 2. The molecule has 2 aliphatic rings. The van der Waals surface area contributed by atoms with E-state index in [1.165, 1.54) is 11.3 Å². The van der Waals surface area contributed by atoms with Gasteiger partial charge in [0, 0.05) is 31.7 Å². The number of amides is 1. The van der Waals surface area contributed by atoms with Gasteiger partial charge in [-0.05, 0) is 37.6 Å². The lowest BCUT2D eigenvalue weighted by molar-refractivity contribution is -0.192. The first-order valence-electron chi connectivity index (χ1n) is 11.6. The van der Waals surface area contributed by atoms with E-state index in [0.717, 1.165) is 50.4 Å². The van der Waals surface area contributed by atoms with Crippen LogP contribution in [0, 0.1) is 0 Å². The van der Waals surface area contributed by atoms with Crippen molar-refractivity contribution in [3.8, 4) is 11.3 Å². The first-order valence-corrected chi connectivity index (χ1v) is 11.6. The Morgan fingerprint density at radius 2 is 1.47 bits per heavy atom. The van der Waals surface area contributed by atoms with Crippen molar-refractivity contribution >= 4 is 11.9 Å². The summed E-state index contributed by atoms with van der Waals surface area (Å²) in [7, 11) is 2.20. The van der Waals surface area contributed by atoms with Gasteiger partial charge in [0.05, 0.1) is 17.4 Å². The number of carboxylic acid groups (broad SMARTS) is 1. The molecule has 2 aliphatic heterocycles. The number of halogens is 3. The molecule has 1 amide bonds. The van der Waals surface area contributed by atoms with Gasteiger partial charge in [-0.1, -0.05) is 48.5 Å². The van der Waals surface area contributed by atoms with Gasteiger partial charge in [0.1, 0.15) is 5.82 Å². The fourth-order valence-corrected chi connectivity index (χ4v) is 4.90. The topological polar surface area (TPSA) is 78.7 Å². The SMILES string of the molecule is CN1CCn2c(-c3ccccc3)cnc2C12CCN(C(=O)c1ccccc1)CC2.O=C(O)C(F)(F)F. The smallest absolute Gasteiger partial charge is 0.475 e. The fraction of sp³-hybridized carbons (Fsp3) is 0.346. The molecule has 1 saturated heterocycles. The summed E-state index contributed by atoms with van der Waals surface area (Å²) in [6.07, 6.45) is -1.24. The molecule has 36 heavy (non-hydrogen) atoms. The van der Waals surface area contributed by atoms with Crippen LogP contribution in [0.5, 0.6) is 0 Å². The van der Waals surface area contributed by atoms with E-state index < -0.39 is 12.1 Å². The van der Waals surface area contributed by atoms with E-state index in [2.05, 4.69) is 40.8 Å². The zero-order chi connectivity index (χ0) is 25.9. The summed E-state index contributed by atoms with van der Waals surface area (Å²) < 4.78 is 34.1. The van der Waals surface area contributed by atoms with Crippen molar-refractivity contribution < 1.29 is 27.9 Å². The zero-order valence-electron chi connectivity index (χ0n) is 19.8. The number of fused-ring (bicyclic) bond motifs is 2. The number of carbonyl (C=O) groups excluding carboxylic acids is 1.